The minimum absolute atomic E-state index is 0.00961. The van der Waals surface area contributed by atoms with E-state index in [2.05, 4.69) is 4.90 Å². The molecule has 31 heavy (non-hydrogen) atoms. The van der Waals surface area contributed by atoms with Crippen LogP contribution in [0.3, 0.4) is 0 Å². The minimum Gasteiger partial charge on any atom is -0.502 e. The van der Waals surface area contributed by atoms with Gasteiger partial charge >= 0.3 is 5.97 Å². The normalized spacial score (nSPS) is 15.3. The van der Waals surface area contributed by atoms with Crippen LogP contribution >= 0.6 is 0 Å². The fraction of sp³-hybridized carbons (Fsp3) is 0.455. The molecule has 0 amide bonds. The first-order valence-electron chi connectivity index (χ1n) is 9.91. The van der Waals surface area contributed by atoms with Gasteiger partial charge in [-0.25, -0.2) is 0 Å². The standard InChI is InChI=1S/C22H27NO8/c1-27-14-4-5-16(19(11-14)28-2)17(12-20(25)29-3)22-21(26)18(24)10-15(31-22)13-23-6-8-30-9-7-23/h4-5,10-11,17,26H,6-9,12-13H2,1-3H3/t17-/m1/s1. The molecule has 1 aromatic carbocycles. The van der Waals surface area contributed by atoms with Gasteiger partial charge in [-0.3, -0.25) is 14.5 Å². The van der Waals surface area contributed by atoms with Gasteiger partial charge < -0.3 is 28.5 Å². The zero-order valence-corrected chi connectivity index (χ0v) is 17.9. The van der Waals surface area contributed by atoms with Crippen LogP contribution in [-0.4, -0.2) is 63.6 Å². The molecule has 0 spiro atoms. The largest absolute Gasteiger partial charge is 0.502 e. The fourth-order valence-corrected chi connectivity index (χ4v) is 3.55. The highest BCUT2D eigenvalue weighted by Crippen LogP contribution is 2.39. The number of esters is 1. The SMILES string of the molecule is COC(=O)C[C@H](c1ccc(OC)cc1OC)c1oc(CN2CCOCC2)cc(=O)c1O. The molecule has 0 saturated carbocycles. The Kier molecular flexibility index (Phi) is 7.54. The predicted octanol–water partition coefficient (Wildman–Crippen LogP) is 1.89. The van der Waals surface area contributed by atoms with Crippen molar-refractivity contribution < 1.29 is 33.3 Å². The van der Waals surface area contributed by atoms with E-state index in [1.165, 1.54) is 27.4 Å². The van der Waals surface area contributed by atoms with Crippen molar-refractivity contribution in [1.29, 1.82) is 0 Å². The third kappa shape index (κ3) is 5.36. The second kappa shape index (κ2) is 10.3. The molecule has 3 rings (SSSR count). The Morgan fingerprint density at radius 3 is 2.55 bits per heavy atom. The number of morpholine rings is 1. The van der Waals surface area contributed by atoms with Gasteiger partial charge in [0.05, 0.1) is 53.4 Å². The van der Waals surface area contributed by atoms with Crippen LogP contribution < -0.4 is 14.9 Å². The van der Waals surface area contributed by atoms with Gasteiger partial charge in [0.25, 0.3) is 0 Å². The highest BCUT2D eigenvalue weighted by atomic mass is 16.5. The second-order valence-corrected chi connectivity index (χ2v) is 7.12. The lowest BCUT2D eigenvalue weighted by molar-refractivity contribution is -0.140. The Bertz CT molecular complexity index is 964. The molecule has 2 aromatic rings. The first kappa shape index (κ1) is 22.6. The average molecular weight is 433 g/mol. The number of carbonyl (C=O) groups excluding carboxylic acids is 1. The van der Waals surface area contributed by atoms with Crippen LogP contribution in [0.1, 0.15) is 29.4 Å². The Morgan fingerprint density at radius 2 is 1.90 bits per heavy atom. The molecular formula is C22H27NO8. The number of carbonyl (C=O) groups is 1. The predicted molar refractivity (Wildman–Crippen MR) is 111 cm³/mol. The molecule has 9 nitrogen and oxygen atoms in total. The molecule has 0 aliphatic carbocycles. The summed E-state index contributed by atoms with van der Waals surface area (Å²) < 4.78 is 26.9. The van der Waals surface area contributed by atoms with Crippen molar-refractivity contribution in [1.82, 2.24) is 4.90 Å². The molecule has 0 radical (unpaired) electrons. The number of benzene rings is 1. The van der Waals surface area contributed by atoms with Gasteiger partial charge in [0.1, 0.15) is 17.3 Å². The third-order valence-corrected chi connectivity index (χ3v) is 5.21. The summed E-state index contributed by atoms with van der Waals surface area (Å²) in [5.41, 5.74) is -0.0254. The maximum absolute atomic E-state index is 12.5. The Balaban J connectivity index is 2.06. The van der Waals surface area contributed by atoms with E-state index < -0.39 is 23.1 Å². The van der Waals surface area contributed by atoms with Gasteiger partial charge in [-0.05, 0) is 6.07 Å². The van der Waals surface area contributed by atoms with E-state index in [1.807, 2.05) is 0 Å². The highest BCUT2D eigenvalue weighted by Gasteiger charge is 2.29. The number of nitrogens with zero attached hydrogens (tertiary/aromatic N) is 1. The van der Waals surface area contributed by atoms with E-state index in [-0.39, 0.29) is 12.2 Å². The summed E-state index contributed by atoms with van der Waals surface area (Å²) in [5.74, 6) is -0.503. The molecule has 1 aliphatic heterocycles. The topological polar surface area (TPSA) is 108 Å². The summed E-state index contributed by atoms with van der Waals surface area (Å²) in [7, 11) is 4.29. The number of aromatic hydroxyl groups is 1. The zero-order valence-electron chi connectivity index (χ0n) is 17.9. The smallest absolute Gasteiger partial charge is 0.306 e. The maximum atomic E-state index is 12.5. The van der Waals surface area contributed by atoms with Crippen molar-refractivity contribution >= 4 is 5.97 Å². The van der Waals surface area contributed by atoms with Gasteiger partial charge in [-0.1, -0.05) is 6.07 Å². The number of rotatable bonds is 8. The van der Waals surface area contributed by atoms with E-state index in [0.29, 0.717) is 55.7 Å². The fourth-order valence-electron chi connectivity index (χ4n) is 3.55. The third-order valence-electron chi connectivity index (χ3n) is 5.21. The molecule has 0 bridgehead atoms. The first-order valence-corrected chi connectivity index (χ1v) is 9.91. The van der Waals surface area contributed by atoms with Gasteiger partial charge in [-0.2, -0.15) is 0 Å². The van der Waals surface area contributed by atoms with Crippen molar-refractivity contribution in [3.63, 3.8) is 0 Å². The zero-order chi connectivity index (χ0) is 22.4. The number of ether oxygens (including phenoxy) is 4. The molecule has 9 heteroatoms. The number of methoxy groups -OCH3 is 3. The van der Waals surface area contributed by atoms with Crippen molar-refractivity contribution in [3.8, 4) is 17.2 Å². The highest BCUT2D eigenvalue weighted by molar-refractivity contribution is 5.71. The summed E-state index contributed by atoms with van der Waals surface area (Å²) in [4.78, 5) is 26.8. The van der Waals surface area contributed by atoms with Crippen LogP contribution in [0.25, 0.3) is 0 Å². The van der Waals surface area contributed by atoms with Crippen LogP contribution in [0.15, 0.2) is 33.5 Å². The molecule has 1 aromatic heterocycles. The lowest BCUT2D eigenvalue weighted by Gasteiger charge is -2.26. The van der Waals surface area contributed by atoms with Gasteiger partial charge in [0.15, 0.2) is 5.76 Å². The second-order valence-electron chi connectivity index (χ2n) is 7.12. The molecular weight excluding hydrogens is 406 g/mol. The Morgan fingerprint density at radius 1 is 1.16 bits per heavy atom. The molecule has 168 valence electrons. The van der Waals surface area contributed by atoms with Gasteiger partial charge in [-0.15, -0.1) is 0 Å². The van der Waals surface area contributed by atoms with Crippen molar-refractivity contribution in [2.45, 2.75) is 18.9 Å². The molecule has 1 aliphatic rings. The summed E-state index contributed by atoms with van der Waals surface area (Å²) in [6.07, 6.45) is -0.156. The monoisotopic (exact) mass is 433 g/mol. The van der Waals surface area contributed by atoms with Gasteiger partial charge in [0.2, 0.25) is 11.2 Å². The van der Waals surface area contributed by atoms with Crippen molar-refractivity contribution in [2.75, 3.05) is 47.6 Å². The van der Waals surface area contributed by atoms with E-state index >= 15 is 0 Å². The van der Waals surface area contributed by atoms with Crippen molar-refractivity contribution in [3.05, 3.63) is 51.6 Å². The van der Waals surface area contributed by atoms with Crippen LogP contribution in [-0.2, 0) is 20.8 Å². The molecule has 0 unspecified atom stereocenters. The Labute approximate surface area is 180 Å². The van der Waals surface area contributed by atoms with E-state index in [0.717, 1.165) is 0 Å². The summed E-state index contributed by atoms with van der Waals surface area (Å²) >= 11 is 0. The maximum Gasteiger partial charge on any atom is 0.306 e. The average Bonchev–Trinajstić information content (AvgIpc) is 2.80. The summed E-state index contributed by atoms with van der Waals surface area (Å²) in [6, 6.07) is 6.34. The molecule has 1 atom stereocenters. The van der Waals surface area contributed by atoms with E-state index in [4.69, 9.17) is 23.4 Å². The molecule has 2 heterocycles. The van der Waals surface area contributed by atoms with Crippen molar-refractivity contribution in [2.24, 2.45) is 0 Å². The van der Waals surface area contributed by atoms with Crippen LogP contribution in [0.2, 0.25) is 0 Å². The molecule has 1 N–H and O–H groups in total. The summed E-state index contributed by atoms with van der Waals surface area (Å²) in [5, 5.41) is 10.6. The summed E-state index contributed by atoms with van der Waals surface area (Å²) in [6.45, 7) is 3.00. The quantitative estimate of drug-likeness (QED) is 0.624. The lowest BCUT2D eigenvalue weighted by atomic mass is 9.91. The van der Waals surface area contributed by atoms with Crippen LogP contribution in [0, 0.1) is 0 Å². The number of hydrogen-bond acceptors (Lipinski definition) is 9. The molecule has 1 saturated heterocycles. The van der Waals surface area contributed by atoms with E-state index in [1.54, 1.807) is 18.2 Å². The Hall–Kier alpha value is -3.04. The minimum atomic E-state index is -0.800. The van der Waals surface area contributed by atoms with E-state index in [9.17, 15) is 14.7 Å². The van der Waals surface area contributed by atoms with Crippen LogP contribution in [0.5, 0.6) is 17.2 Å². The lowest BCUT2D eigenvalue weighted by Crippen LogP contribution is -2.35. The molecule has 1 fully saturated rings. The van der Waals surface area contributed by atoms with Crippen LogP contribution in [0.4, 0.5) is 0 Å². The number of hydrogen-bond donors (Lipinski definition) is 1. The van der Waals surface area contributed by atoms with Gasteiger partial charge in [0, 0.05) is 30.8 Å². The first-order chi connectivity index (χ1) is 15.0.